The van der Waals surface area contributed by atoms with Crippen molar-refractivity contribution in [3.05, 3.63) is 71.4 Å². The smallest absolute Gasteiger partial charge is 0.412 e. The second-order valence-corrected chi connectivity index (χ2v) is 7.91. The summed E-state index contributed by atoms with van der Waals surface area (Å²) in [6.07, 6.45) is -1.07. The maximum Gasteiger partial charge on any atom is 0.412 e. The first-order valence-electron chi connectivity index (χ1n) is 10.7. The van der Waals surface area contributed by atoms with Crippen LogP contribution in [0.25, 0.3) is 11.1 Å². The Labute approximate surface area is 195 Å². The van der Waals surface area contributed by atoms with Gasteiger partial charge in [-0.2, -0.15) is 5.10 Å². The van der Waals surface area contributed by atoms with Gasteiger partial charge < -0.3 is 20.3 Å². The van der Waals surface area contributed by atoms with E-state index in [-0.39, 0.29) is 36.9 Å². The summed E-state index contributed by atoms with van der Waals surface area (Å²) in [5.41, 5.74) is 4.48. The zero-order valence-electron chi connectivity index (χ0n) is 18.4. The lowest BCUT2D eigenvalue weighted by molar-refractivity contribution is -0.146. The molecule has 1 aliphatic carbocycles. The normalized spacial score (nSPS) is 13.0. The number of carboxylic acid groups (broad SMARTS) is 1. The molecule has 10 nitrogen and oxygen atoms in total. The van der Waals surface area contributed by atoms with Crippen LogP contribution in [-0.4, -0.2) is 57.2 Å². The lowest BCUT2D eigenvalue weighted by Gasteiger charge is -2.14. The topological polar surface area (TPSA) is 143 Å². The molecule has 0 fully saturated rings. The molecule has 3 aromatic rings. The summed E-state index contributed by atoms with van der Waals surface area (Å²) in [6.45, 7) is 0.0485. The van der Waals surface area contributed by atoms with Gasteiger partial charge in [0.15, 0.2) is 11.9 Å². The Hall–Kier alpha value is -4.18. The van der Waals surface area contributed by atoms with E-state index in [0.29, 0.717) is 0 Å². The monoisotopic (exact) mass is 464 g/mol. The highest BCUT2D eigenvalue weighted by Crippen LogP contribution is 2.44. The number of aliphatic hydroxyl groups excluding tert-OH is 1. The lowest BCUT2D eigenvalue weighted by atomic mass is 9.98. The van der Waals surface area contributed by atoms with Gasteiger partial charge in [-0.25, -0.2) is 9.59 Å². The fourth-order valence-electron chi connectivity index (χ4n) is 4.02. The summed E-state index contributed by atoms with van der Waals surface area (Å²) in [4.78, 5) is 35.7. The number of aliphatic carboxylic acids is 1. The van der Waals surface area contributed by atoms with Gasteiger partial charge in [-0.15, -0.1) is 0 Å². The highest BCUT2D eigenvalue weighted by Gasteiger charge is 2.29. The summed E-state index contributed by atoms with van der Waals surface area (Å²) in [5, 5.41) is 27.1. The first-order valence-corrected chi connectivity index (χ1v) is 10.7. The molecule has 1 aliphatic rings. The van der Waals surface area contributed by atoms with Crippen molar-refractivity contribution < 1.29 is 29.3 Å². The van der Waals surface area contributed by atoms with Crippen LogP contribution in [0.4, 0.5) is 10.6 Å². The van der Waals surface area contributed by atoms with Gasteiger partial charge in [0.2, 0.25) is 0 Å². The average Bonchev–Trinajstić information content (AvgIpc) is 3.34. The fourth-order valence-corrected chi connectivity index (χ4v) is 4.02. The summed E-state index contributed by atoms with van der Waals surface area (Å²) in [7, 11) is 1.59. The number of amides is 2. The van der Waals surface area contributed by atoms with Crippen molar-refractivity contribution in [3.8, 4) is 11.1 Å². The zero-order valence-corrected chi connectivity index (χ0v) is 18.4. The van der Waals surface area contributed by atoms with Crippen molar-refractivity contribution in [1.29, 1.82) is 0 Å². The second kappa shape index (κ2) is 9.75. The molecular weight excluding hydrogens is 440 g/mol. The SMILES string of the molecule is Cn1cc(C(=O)NCC[C@H](O)C(=O)O)c(NC(=O)OCC2c3ccccc3-c3ccccc32)n1. The van der Waals surface area contributed by atoms with Crippen LogP contribution in [-0.2, 0) is 16.6 Å². The minimum atomic E-state index is -1.58. The molecule has 0 spiro atoms. The number of benzene rings is 2. The van der Waals surface area contributed by atoms with E-state index in [9.17, 15) is 19.5 Å². The molecule has 1 aromatic heterocycles. The number of carboxylic acids is 1. The highest BCUT2D eigenvalue weighted by molar-refractivity contribution is 6.01. The Kier molecular flexibility index (Phi) is 6.60. The second-order valence-electron chi connectivity index (χ2n) is 7.91. The van der Waals surface area contributed by atoms with E-state index in [1.165, 1.54) is 10.9 Å². The Bertz CT molecular complexity index is 1190. The maximum absolute atomic E-state index is 12.5. The molecule has 4 rings (SSSR count). The highest BCUT2D eigenvalue weighted by atomic mass is 16.5. The van der Waals surface area contributed by atoms with Gasteiger partial charge in [0.1, 0.15) is 12.2 Å². The van der Waals surface area contributed by atoms with E-state index in [1.807, 2.05) is 48.5 Å². The largest absolute Gasteiger partial charge is 0.479 e. The molecule has 2 amide bonds. The molecule has 0 radical (unpaired) electrons. The Balaban J connectivity index is 1.39. The summed E-state index contributed by atoms with van der Waals surface area (Å²) in [6, 6.07) is 16.0. The number of anilines is 1. The molecule has 2 aromatic carbocycles. The first-order chi connectivity index (χ1) is 16.3. The summed E-state index contributed by atoms with van der Waals surface area (Å²) >= 11 is 0. The number of fused-ring (bicyclic) bond motifs is 3. The van der Waals surface area contributed by atoms with Gasteiger partial charge in [0, 0.05) is 32.1 Å². The molecule has 0 aliphatic heterocycles. The molecule has 176 valence electrons. The number of nitrogens with one attached hydrogen (secondary N) is 2. The van der Waals surface area contributed by atoms with Gasteiger partial charge in [-0.3, -0.25) is 14.8 Å². The van der Waals surface area contributed by atoms with E-state index in [1.54, 1.807) is 7.05 Å². The number of carbonyl (C=O) groups excluding carboxylic acids is 2. The minimum Gasteiger partial charge on any atom is -0.479 e. The molecule has 1 atom stereocenters. The zero-order chi connectivity index (χ0) is 24.2. The van der Waals surface area contributed by atoms with Crippen molar-refractivity contribution >= 4 is 23.8 Å². The van der Waals surface area contributed by atoms with Crippen molar-refractivity contribution in [2.24, 2.45) is 7.05 Å². The van der Waals surface area contributed by atoms with E-state index >= 15 is 0 Å². The molecule has 0 saturated carbocycles. The van der Waals surface area contributed by atoms with Crippen LogP contribution in [0.2, 0.25) is 0 Å². The van der Waals surface area contributed by atoms with E-state index in [4.69, 9.17) is 9.84 Å². The van der Waals surface area contributed by atoms with Crippen LogP contribution >= 0.6 is 0 Å². The van der Waals surface area contributed by atoms with Crippen molar-refractivity contribution in [3.63, 3.8) is 0 Å². The number of carbonyl (C=O) groups is 3. The molecule has 1 heterocycles. The van der Waals surface area contributed by atoms with E-state index in [2.05, 4.69) is 15.7 Å². The molecule has 4 N–H and O–H groups in total. The average molecular weight is 464 g/mol. The number of rotatable bonds is 8. The first kappa shape index (κ1) is 23.0. The predicted molar refractivity (Wildman–Crippen MR) is 122 cm³/mol. The third kappa shape index (κ3) is 4.76. The third-order valence-electron chi connectivity index (χ3n) is 5.63. The van der Waals surface area contributed by atoms with Gasteiger partial charge in [-0.1, -0.05) is 48.5 Å². The maximum atomic E-state index is 12.5. The molecule has 0 bridgehead atoms. The number of nitrogens with zero attached hydrogens (tertiary/aromatic N) is 2. The van der Waals surface area contributed by atoms with E-state index < -0.39 is 24.1 Å². The Morgan fingerprint density at radius 2 is 1.71 bits per heavy atom. The van der Waals surface area contributed by atoms with Crippen LogP contribution in [0.1, 0.15) is 33.8 Å². The van der Waals surface area contributed by atoms with E-state index in [0.717, 1.165) is 22.3 Å². The van der Waals surface area contributed by atoms with Crippen molar-refractivity contribution in [2.75, 3.05) is 18.5 Å². The third-order valence-corrected chi connectivity index (χ3v) is 5.63. The lowest BCUT2D eigenvalue weighted by Crippen LogP contribution is -2.30. The van der Waals surface area contributed by atoms with Crippen molar-refractivity contribution in [1.82, 2.24) is 15.1 Å². The van der Waals surface area contributed by atoms with Crippen LogP contribution < -0.4 is 10.6 Å². The van der Waals surface area contributed by atoms with Crippen LogP contribution in [0.5, 0.6) is 0 Å². The number of ether oxygens (including phenoxy) is 1. The number of aliphatic hydroxyl groups is 1. The van der Waals surface area contributed by atoms with Gasteiger partial charge in [-0.05, 0) is 22.3 Å². The predicted octanol–water partition coefficient (Wildman–Crippen LogP) is 2.35. The number of hydrogen-bond donors (Lipinski definition) is 4. The van der Waals surface area contributed by atoms with Crippen LogP contribution in [0, 0.1) is 0 Å². The van der Waals surface area contributed by atoms with Gasteiger partial charge in [0.05, 0.1) is 0 Å². The van der Waals surface area contributed by atoms with Crippen LogP contribution in [0.3, 0.4) is 0 Å². The number of aryl methyl sites for hydroxylation is 1. The Morgan fingerprint density at radius 3 is 2.32 bits per heavy atom. The molecule has 34 heavy (non-hydrogen) atoms. The van der Waals surface area contributed by atoms with Crippen molar-refractivity contribution in [2.45, 2.75) is 18.4 Å². The Morgan fingerprint density at radius 1 is 1.09 bits per heavy atom. The van der Waals surface area contributed by atoms with Gasteiger partial charge >= 0.3 is 12.1 Å². The quantitative estimate of drug-likeness (QED) is 0.401. The fraction of sp³-hybridized carbons (Fsp3) is 0.250. The minimum absolute atomic E-state index is 0.0102. The molecule has 0 unspecified atom stereocenters. The molecule has 0 saturated heterocycles. The molecule has 10 heteroatoms. The standard InChI is InChI=1S/C24H24N4O6/c1-28-12-18(22(30)25-11-10-20(29)23(31)32)21(27-28)26-24(33)34-13-19-16-8-4-2-6-14(16)15-7-3-5-9-17(15)19/h2-9,12,19-20,29H,10-11,13H2,1H3,(H,25,30)(H,31,32)(H,26,27,33)/t20-/m0/s1. The molecular formula is C24H24N4O6. The van der Waals surface area contributed by atoms with Gasteiger partial charge in [0.25, 0.3) is 5.91 Å². The summed E-state index contributed by atoms with van der Waals surface area (Å²) < 4.78 is 6.86. The number of aromatic nitrogens is 2. The number of hydrogen-bond acceptors (Lipinski definition) is 6. The van der Waals surface area contributed by atoms with Crippen LogP contribution in [0.15, 0.2) is 54.7 Å². The summed E-state index contributed by atoms with van der Waals surface area (Å²) in [5.74, 6) is -2.03.